The third-order valence-electron chi connectivity index (χ3n) is 24.3. The first kappa shape index (κ1) is 75.6. The molecule has 3 aromatic rings. The van der Waals surface area contributed by atoms with Crippen molar-refractivity contribution in [1.82, 2.24) is 74.3 Å². The van der Waals surface area contributed by atoms with E-state index in [1.54, 1.807) is 0 Å². The summed E-state index contributed by atoms with van der Waals surface area (Å²) in [7, 11) is 24.2. The zero-order valence-electron chi connectivity index (χ0n) is 64.0. The number of hydrogen-bond acceptors (Lipinski definition) is 23. The highest BCUT2D eigenvalue weighted by Gasteiger charge is 2.50. The van der Waals surface area contributed by atoms with Gasteiger partial charge in [0.1, 0.15) is 5.82 Å². The van der Waals surface area contributed by atoms with Gasteiger partial charge in [0.15, 0.2) is 0 Å². The molecule has 23 nitrogen and oxygen atoms in total. The maximum absolute atomic E-state index is 5.39. The Morgan fingerprint density at radius 1 is 0.312 bits per heavy atom. The molecule has 0 amide bonds. The van der Waals surface area contributed by atoms with Gasteiger partial charge in [-0.1, -0.05) is 7.43 Å². The lowest BCUT2D eigenvalue weighted by atomic mass is 9.77. The van der Waals surface area contributed by atoms with Gasteiger partial charge in [-0.15, -0.1) is 0 Å². The maximum Gasteiger partial charge on any atom is 0.232 e. The second-order valence-corrected chi connectivity index (χ2v) is 35.5. The van der Waals surface area contributed by atoms with E-state index in [9.17, 15) is 0 Å². The lowest BCUT2D eigenvalue weighted by molar-refractivity contribution is -0.0127. The zero-order valence-corrected chi connectivity index (χ0v) is 64.0. The van der Waals surface area contributed by atoms with E-state index in [2.05, 4.69) is 285 Å². The fraction of sp³-hybridized carbons (Fsp3) is 0.871. The quantitative estimate of drug-likeness (QED) is 0.108. The third-order valence-corrected chi connectivity index (χ3v) is 24.3. The number of hydrogen-bond donors (Lipinski definition) is 2. The highest BCUT2D eigenvalue weighted by atomic mass is 15.5. The molecule has 2 N–H and O–H groups in total. The highest BCUT2D eigenvalue weighted by molar-refractivity contribution is 5.49. The van der Waals surface area contributed by atoms with Gasteiger partial charge in [0.25, 0.3) is 0 Å². The molecule has 0 aliphatic carbocycles. The second-order valence-electron chi connectivity index (χ2n) is 35.5. The van der Waals surface area contributed by atoms with Gasteiger partial charge < -0.3 is 40.0 Å². The first-order chi connectivity index (χ1) is 41.9. The van der Waals surface area contributed by atoms with E-state index < -0.39 is 0 Å². The van der Waals surface area contributed by atoms with Crippen LogP contribution in [0.2, 0.25) is 0 Å². The third kappa shape index (κ3) is 15.9. The van der Waals surface area contributed by atoms with Crippen LogP contribution < -0.4 is 40.0 Å². The van der Waals surface area contributed by atoms with Crippen LogP contribution in [0.3, 0.4) is 0 Å². The van der Waals surface area contributed by atoms with Crippen molar-refractivity contribution >= 4 is 47.6 Å². The molecule has 0 atom stereocenters. The van der Waals surface area contributed by atoms with Crippen LogP contribution in [0.5, 0.6) is 0 Å². The molecule has 5 aliphatic rings. The van der Waals surface area contributed by atoms with Gasteiger partial charge >= 0.3 is 0 Å². The molecule has 8 rings (SSSR count). The molecule has 5 aliphatic heterocycles. The number of nitrogens with one attached hydrogen (secondary N) is 2. The van der Waals surface area contributed by atoms with Gasteiger partial charge in [0.05, 0.1) is 20.0 Å². The molecule has 5 fully saturated rings. The number of likely N-dealkylation sites (tertiary alicyclic amines) is 5. The lowest BCUT2D eigenvalue weighted by Gasteiger charge is -2.55. The largest absolute Gasteiger partial charge is 0.341 e. The molecule has 0 saturated carbocycles. The molecule has 3 aromatic heterocycles. The van der Waals surface area contributed by atoms with E-state index in [0.29, 0.717) is 66.7 Å². The molecule has 0 bridgehead atoms. The molecule has 5 saturated heterocycles. The fourth-order valence-corrected chi connectivity index (χ4v) is 16.9. The summed E-state index contributed by atoms with van der Waals surface area (Å²) in [6.45, 7) is 50.1. The van der Waals surface area contributed by atoms with Crippen LogP contribution in [0.4, 0.5) is 47.6 Å². The number of rotatable bonds is 19. The Kier molecular flexibility index (Phi) is 21.3. The van der Waals surface area contributed by atoms with E-state index >= 15 is 0 Å². The maximum atomic E-state index is 5.39. The summed E-state index contributed by atoms with van der Waals surface area (Å²) < 4.78 is 0. The Morgan fingerprint density at radius 2 is 0.505 bits per heavy atom. The van der Waals surface area contributed by atoms with Gasteiger partial charge in [-0.05, 0) is 252 Å². The zero-order chi connectivity index (χ0) is 69.0. The number of nitrogens with zero attached hydrogens (tertiary/aromatic N) is 21. The van der Waals surface area contributed by atoms with Crippen LogP contribution in [0, 0.1) is 6.92 Å². The van der Waals surface area contributed by atoms with Crippen molar-refractivity contribution < 1.29 is 0 Å². The van der Waals surface area contributed by atoms with Gasteiger partial charge in [-0.25, -0.2) is 0 Å². The highest BCUT2D eigenvalue weighted by Crippen LogP contribution is 2.45. The predicted molar refractivity (Wildman–Crippen MR) is 390 cm³/mol. The first-order valence-corrected chi connectivity index (χ1v) is 34.4. The fourth-order valence-electron chi connectivity index (χ4n) is 16.9. The average Bonchev–Trinajstić information content (AvgIpc) is 0.790. The van der Waals surface area contributed by atoms with Crippen LogP contribution in [-0.2, 0) is 0 Å². The lowest BCUT2D eigenvalue weighted by Crippen LogP contribution is -2.62. The SMILES string of the molecule is C.Cc1nc(N(CNc2nc(N(C)C3CC(C)(C)N(C)C(C)(C)C3)nc(N(C)C3CC(C)(C)N(C)C(C)(C)C3)n2)CN(C)CNc2nc(N(C)C3CC(C)(C)N(C)C(C)(C)C3)nc(N(C)C3CC(C)(C)N(C)C(C)(C)C3)n2)nc(N(C)C2CC(C)(C)N(C)C(C)(C)C2)n1. The number of aryl methyl sites for hydroxylation is 1. The first-order valence-electron chi connectivity index (χ1n) is 34.4. The van der Waals surface area contributed by atoms with Gasteiger partial charge in [0, 0.05) is 121 Å². The Balaban J connectivity index is 0.0000123. The van der Waals surface area contributed by atoms with Gasteiger partial charge in [-0.2, -0.15) is 44.9 Å². The number of piperidine rings is 5. The summed E-state index contributed by atoms with van der Waals surface area (Å²) in [4.78, 5) is 76.1. The molecule has 8 heterocycles. The van der Waals surface area contributed by atoms with Crippen LogP contribution >= 0.6 is 0 Å². The van der Waals surface area contributed by atoms with Crippen LogP contribution in [0.15, 0.2) is 0 Å². The van der Waals surface area contributed by atoms with E-state index in [1.807, 2.05) is 6.92 Å². The molecule has 93 heavy (non-hydrogen) atoms. The summed E-state index contributed by atoms with van der Waals surface area (Å²) in [6, 6.07) is 0.989. The van der Waals surface area contributed by atoms with Crippen molar-refractivity contribution in [3.05, 3.63) is 5.82 Å². The predicted octanol–water partition coefficient (Wildman–Crippen LogP) is 10.5. The minimum absolute atomic E-state index is 0. The van der Waals surface area contributed by atoms with Crippen LogP contribution in [-0.4, -0.2) is 257 Å². The second kappa shape index (κ2) is 26.2. The Hall–Kier alpha value is -4.81. The summed E-state index contributed by atoms with van der Waals surface area (Å²) in [5.74, 6) is 5.45. The van der Waals surface area contributed by atoms with E-state index in [4.69, 9.17) is 44.9 Å². The summed E-state index contributed by atoms with van der Waals surface area (Å²) in [6.07, 6.45) is 9.65. The van der Waals surface area contributed by atoms with E-state index in [-0.39, 0.29) is 99.7 Å². The van der Waals surface area contributed by atoms with Crippen molar-refractivity contribution in [3.8, 4) is 0 Å². The molecule has 0 radical (unpaired) electrons. The molecule has 23 heteroatoms. The normalized spacial score (nSPS) is 24.3. The van der Waals surface area contributed by atoms with Gasteiger partial charge in [0.2, 0.25) is 47.6 Å². The van der Waals surface area contributed by atoms with Crippen molar-refractivity contribution in [1.29, 1.82) is 0 Å². The van der Waals surface area contributed by atoms with Crippen molar-refractivity contribution in [3.63, 3.8) is 0 Å². The molecule has 0 aromatic carbocycles. The molecule has 0 unspecified atom stereocenters. The standard InChI is InChI=1S/C69H129N23.CH4/c1-46-72-54(82(23)47-33-60(2,3)87(28)61(4,5)34-47)80-59(73-46)92(44-71-53-76-57(85(26)50-39-66(14,15)90(31)67(16,17)40-50)79-58(77-53)86(27)51-41-68(18,19)91(32)69(20,21)42-51)45-81(22)43-70-52-74-55(83(24)48-35-62(6,7)88(29)63(8,9)36-48)78-56(75-52)84(25)49-37-64(10,11)89(30)65(12,13)38-49;/h47-51H,33-45H2,1-32H3,(H,70,74,75,78)(H,71,76,77,79);1H4. The Morgan fingerprint density at radius 3 is 0.742 bits per heavy atom. The van der Waals surface area contributed by atoms with E-state index in [0.717, 1.165) is 64.2 Å². The molecule has 528 valence electrons. The van der Waals surface area contributed by atoms with Crippen molar-refractivity contribution in [2.45, 2.75) is 303 Å². The minimum Gasteiger partial charge on any atom is -0.341 e. The van der Waals surface area contributed by atoms with Crippen LogP contribution in [0.25, 0.3) is 0 Å². The monoisotopic (exact) mass is 1300 g/mol. The summed E-state index contributed by atoms with van der Waals surface area (Å²) in [5.41, 5.74) is -0.344. The smallest absolute Gasteiger partial charge is 0.232 e. The summed E-state index contributed by atoms with van der Waals surface area (Å²) in [5, 5.41) is 7.48. The van der Waals surface area contributed by atoms with Gasteiger partial charge in [-0.3, -0.25) is 29.4 Å². The van der Waals surface area contributed by atoms with Crippen molar-refractivity contribution in [2.24, 2.45) is 0 Å². The van der Waals surface area contributed by atoms with Crippen LogP contribution in [0.1, 0.15) is 216 Å². The molecular weight excluding hydrogens is 1160 g/mol. The van der Waals surface area contributed by atoms with E-state index in [1.165, 1.54) is 0 Å². The van der Waals surface area contributed by atoms with Crippen molar-refractivity contribution in [2.75, 3.05) is 138 Å². The number of aromatic nitrogens is 9. The molecular formula is C70H133N23. The molecule has 0 spiro atoms. The average molecular weight is 1300 g/mol. The summed E-state index contributed by atoms with van der Waals surface area (Å²) >= 11 is 0. The number of anilines is 8. The Bertz CT molecular complexity index is 2820. The topological polar surface area (TPSA) is 179 Å². The Labute approximate surface area is 565 Å². The minimum atomic E-state index is -0.0417.